The predicted molar refractivity (Wildman–Crippen MR) is 73.6 cm³/mol. The number of aryl methyl sites for hydroxylation is 1. The van der Waals surface area contributed by atoms with E-state index in [0.29, 0.717) is 18.4 Å². The Morgan fingerprint density at radius 2 is 1.74 bits per heavy atom. The Morgan fingerprint density at radius 1 is 1.11 bits per heavy atom. The second-order valence-corrected chi connectivity index (χ2v) is 7.71. The summed E-state index contributed by atoms with van der Waals surface area (Å²) >= 11 is 0. The van der Waals surface area contributed by atoms with Crippen molar-refractivity contribution in [3.8, 4) is 0 Å². The zero-order valence-corrected chi connectivity index (χ0v) is 12.3. The van der Waals surface area contributed by atoms with E-state index in [1.807, 2.05) is 0 Å². The van der Waals surface area contributed by atoms with Crippen LogP contribution in [-0.4, -0.2) is 29.1 Å². The van der Waals surface area contributed by atoms with Crippen molar-refractivity contribution in [1.29, 1.82) is 0 Å². The Hall–Kier alpha value is -0.960. The lowest BCUT2D eigenvalue weighted by Gasteiger charge is -2.08. The molecule has 0 fully saturated rings. The number of nitrogens with one attached hydrogen (secondary N) is 1. The van der Waals surface area contributed by atoms with Gasteiger partial charge in [0.15, 0.2) is 0 Å². The predicted octanol–water partition coefficient (Wildman–Crippen LogP) is 0.342. The number of hydrogen-bond donors (Lipinski definition) is 2. The minimum atomic E-state index is -3.54. The van der Waals surface area contributed by atoms with Gasteiger partial charge in [-0.2, -0.15) is 0 Å². The molecule has 0 aliphatic heterocycles. The van der Waals surface area contributed by atoms with Crippen LogP contribution in [0.3, 0.4) is 0 Å². The van der Waals surface area contributed by atoms with Crippen molar-refractivity contribution in [3.05, 3.63) is 29.8 Å². The molecule has 0 aliphatic rings. The van der Waals surface area contributed by atoms with Gasteiger partial charge < -0.3 is 0 Å². The van der Waals surface area contributed by atoms with E-state index >= 15 is 0 Å². The monoisotopic (exact) mass is 306 g/mol. The standard InChI is InChI=1S/C11H18N2O4S2/c1-10-6-2-3-7-11(10)19(16,17)13-8-4-5-9-18(12,14)15/h2-3,6-7,13H,4-5,8-9H2,1H3,(H2,12,14,15). The second kappa shape index (κ2) is 6.47. The van der Waals surface area contributed by atoms with Crippen LogP contribution in [0.4, 0.5) is 0 Å². The van der Waals surface area contributed by atoms with E-state index in [2.05, 4.69) is 4.72 Å². The van der Waals surface area contributed by atoms with Gasteiger partial charge in [0, 0.05) is 6.54 Å². The van der Waals surface area contributed by atoms with Gasteiger partial charge in [-0.25, -0.2) is 26.7 Å². The zero-order chi connectivity index (χ0) is 14.5. The van der Waals surface area contributed by atoms with Crippen LogP contribution in [0.2, 0.25) is 0 Å². The lowest BCUT2D eigenvalue weighted by molar-refractivity contribution is 0.576. The fourth-order valence-electron chi connectivity index (χ4n) is 1.57. The number of benzene rings is 1. The van der Waals surface area contributed by atoms with Gasteiger partial charge in [0.05, 0.1) is 10.6 Å². The number of hydrogen-bond acceptors (Lipinski definition) is 4. The fourth-order valence-corrected chi connectivity index (χ4v) is 3.50. The number of rotatable bonds is 7. The maximum Gasteiger partial charge on any atom is 0.240 e. The Bertz CT molecular complexity index is 624. The molecule has 1 aromatic carbocycles. The van der Waals surface area contributed by atoms with Crippen molar-refractivity contribution in [2.24, 2.45) is 5.14 Å². The van der Waals surface area contributed by atoms with Crippen LogP contribution in [0.5, 0.6) is 0 Å². The van der Waals surface area contributed by atoms with Crippen LogP contribution < -0.4 is 9.86 Å². The third-order valence-electron chi connectivity index (χ3n) is 2.53. The van der Waals surface area contributed by atoms with Crippen molar-refractivity contribution >= 4 is 20.0 Å². The summed E-state index contributed by atoms with van der Waals surface area (Å²) in [5, 5.41) is 4.85. The van der Waals surface area contributed by atoms with E-state index in [-0.39, 0.29) is 17.2 Å². The smallest absolute Gasteiger partial charge is 0.229 e. The molecule has 8 heteroatoms. The van der Waals surface area contributed by atoms with E-state index < -0.39 is 20.0 Å². The average molecular weight is 306 g/mol. The lowest BCUT2D eigenvalue weighted by atomic mass is 10.2. The van der Waals surface area contributed by atoms with Crippen LogP contribution in [0, 0.1) is 6.92 Å². The maximum absolute atomic E-state index is 12.0. The normalized spacial score (nSPS) is 12.5. The van der Waals surface area contributed by atoms with Crippen molar-refractivity contribution in [2.45, 2.75) is 24.7 Å². The van der Waals surface area contributed by atoms with Crippen LogP contribution in [0.25, 0.3) is 0 Å². The van der Waals surface area contributed by atoms with Gasteiger partial charge in [-0.15, -0.1) is 0 Å². The van der Waals surface area contributed by atoms with Crippen LogP contribution in [-0.2, 0) is 20.0 Å². The summed E-state index contributed by atoms with van der Waals surface area (Å²) in [6.45, 7) is 1.90. The molecule has 0 bridgehead atoms. The molecule has 0 atom stereocenters. The molecule has 6 nitrogen and oxygen atoms in total. The summed E-state index contributed by atoms with van der Waals surface area (Å²) in [6.07, 6.45) is 0.747. The largest absolute Gasteiger partial charge is 0.240 e. The van der Waals surface area contributed by atoms with Gasteiger partial charge in [0.2, 0.25) is 20.0 Å². The Kier molecular flexibility index (Phi) is 5.48. The van der Waals surface area contributed by atoms with Gasteiger partial charge in [0.1, 0.15) is 0 Å². The fraction of sp³-hybridized carbons (Fsp3) is 0.455. The summed E-state index contributed by atoms with van der Waals surface area (Å²) in [7, 11) is -7.01. The summed E-state index contributed by atoms with van der Waals surface area (Å²) in [6, 6.07) is 6.67. The van der Waals surface area contributed by atoms with E-state index in [0.717, 1.165) is 0 Å². The molecule has 0 aliphatic carbocycles. The quantitative estimate of drug-likeness (QED) is 0.708. The highest BCUT2D eigenvalue weighted by Crippen LogP contribution is 2.13. The first-order valence-corrected chi connectivity index (χ1v) is 8.98. The van der Waals surface area contributed by atoms with E-state index in [1.54, 1.807) is 25.1 Å². The molecule has 19 heavy (non-hydrogen) atoms. The minimum absolute atomic E-state index is 0.140. The topological polar surface area (TPSA) is 106 Å². The summed E-state index contributed by atoms with van der Waals surface area (Å²) in [5.74, 6) is -0.140. The summed E-state index contributed by atoms with van der Waals surface area (Å²) in [4.78, 5) is 0.237. The molecular formula is C11H18N2O4S2. The van der Waals surface area contributed by atoms with E-state index in [9.17, 15) is 16.8 Å². The van der Waals surface area contributed by atoms with Crippen molar-refractivity contribution < 1.29 is 16.8 Å². The molecule has 0 heterocycles. The highest BCUT2D eigenvalue weighted by Gasteiger charge is 2.15. The molecule has 0 amide bonds. The maximum atomic E-state index is 12.0. The van der Waals surface area contributed by atoms with Crippen molar-refractivity contribution in [1.82, 2.24) is 4.72 Å². The first-order chi connectivity index (χ1) is 8.72. The van der Waals surface area contributed by atoms with Gasteiger partial charge >= 0.3 is 0 Å². The highest BCUT2D eigenvalue weighted by molar-refractivity contribution is 7.89. The lowest BCUT2D eigenvalue weighted by Crippen LogP contribution is -2.26. The van der Waals surface area contributed by atoms with Gasteiger partial charge in [-0.1, -0.05) is 18.2 Å². The molecule has 0 unspecified atom stereocenters. The van der Waals surface area contributed by atoms with Gasteiger partial charge in [0.25, 0.3) is 0 Å². The summed E-state index contributed by atoms with van der Waals surface area (Å²) in [5.41, 5.74) is 0.666. The number of sulfonamides is 2. The molecule has 0 radical (unpaired) electrons. The zero-order valence-electron chi connectivity index (χ0n) is 10.7. The molecule has 0 saturated carbocycles. The minimum Gasteiger partial charge on any atom is -0.229 e. The number of primary sulfonamides is 1. The summed E-state index contributed by atoms with van der Waals surface area (Å²) < 4.78 is 47.8. The molecule has 1 rings (SSSR count). The molecule has 1 aromatic rings. The Labute approximate surface area is 114 Å². The second-order valence-electron chi connectivity index (χ2n) is 4.24. The van der Waals surface area contributed by atoms with Crippen LogP contribution >= 0.6 is 0 Å². The van der Waals surface area contributed by atoms with E-state index in [4.69, 9.17) is 5.14 Å². The van der Waals surface area contributed by atoms with Gasteiger partial charge in [-0.05, 0) is 31.4 Å². The van der Waals surface area contributed by atoms with Crippen molar-refractivity contribution in [3.63, 3.8) is 0 Å². The number of nitrogens with two attached hydrogens (primary N) is 1. The molecule has 0 spiro atoms. The first-order valence-electron chi connectivity index (χ1n) is 5.78. The SMILES string of the molecule is Cc1ccccc1S(=O)(=O)NCCCCS(N)(=O)=O. The van der Waals surface area contributed by atoms with Crippen LogP contribution in [0.1, 0.15) is 18.4 Å². The average Bonchev–Trinajstić information content (AvgIpc) is 2.27. The third-order valence-corrected chi connectivity index (χ3v) is 5.01. The molecule has 0 aromatic heterocycles. The number of unbranched alkanes of at least 4 members (excludes halogenated alkanes) is 1. The van der Waals surface area contributed by atoms with E-state index in [1.165, 1.54) is 6.07 Å². The third kappa shape index (κ3) is 5.68. The molecule has 3 N–H and O–H groups in total. The van der Waals surface area contributed by atoms with Gasteiger partial charge in [-0.3, -0.25) is 0 Å². The van der Waals surface area contributed by atoms with Crippen molar-refractivity contribution in [2.75, 3.05) is 12.3 Å². The molecule has 108 valence electrons. The Morgan fingerprint density at radius 3 is 2.32 bits per heavy atom. The highest BCUT2D eigenvalue weighted by atomic mass is 32.2. The molecular weight excluding hydrogens is 288 g/mol. The molecule has 0 saturated heterocycles. The van der Waals surface area contributed by atoms with Crippen LogP contribution in [0.15, 0.2) is 29.2 Å². The first kappa shape index (κ1) is 16.1. The Balaban J connectivity index is 2.51.